The fraction of sp³-hybridized carbons (Fsp3) is 0.111. The van der Waals surface area contributed by atoms with Crippen molar-refractivity contribution in [2.45, 2.75) is 6.42 Å². The number of aliphatic hydroxyl groups excluding tert-OH is 1. The molecule has 0 bridgehead atoms. The first kappa shape index (κ1) is 6.40. The van der Waals surface area contributed by atoms with Gasteiger partial charge >= 0.3 is 0 Å². The molecule has 0 atom stereocenters. The van der Waals surface area contributed by atoms with Gasteiger partial charge in [0.2, 0.25) is 0 Å². The van der Waals surface area contributed by atoms with Crippen molar-refractivity contribution in [2.75, 3.05) is 0 Å². The molecule has 1 aromatic carbocycles. The van der Waals surface area contributed by atoms with Crippen LogP contribution in [0, 0.1) is 5.82 Å². The second-order valence-electron chi connectivity index (χ2n) is 2.59. The standard InChI is InChI=1S/C9H7FO/c10-7-2-3-8-6(5-7)1-4-9(8)11/h2-5,11H,1H2. The van der Waals surface area contributed by atoms with Crippen LogP contribution in [0.15, 0.2) is 24.3 Å². The third-order valence-corrected chi connectivity index (χ3v) is 1.86. The van der Waals surface area contributed by atoms with Gasteiger partial charge in [-0.2, -0.15) is 0 Å². The molecule has 1 aliphatic rings. The molecular weight excluding hydrogens is 143 g/mol. The summed E-state index contributed by atoms with van der Waals surface area (Å²) >= 11 is 0. The Morgan fingerprint density at radius 3 is 3.00 bits per heavy atom. The highest BCUT2D eigenvalue weighted by Crippen LogP contribution is 2.25. The van der Waals surface area contributed by atoms with E-state index in [2.05, 4.69) is 0 Å². The number of hydrogen-bond acceptors (Lipinski definition) is 1. The third-order valence-electron chi connectivity index (χ3n) is 1.86. The monoisotopic (exact) mass is 150 g/mol. The maximum atomic E-state index is 12.6. The summed E-state index contributed by atoms with van der Waals surface area (Å²) in [5, 5.41) is 9.21. The molecule has 56 valence electrons. The number of fused-ring (bicyclic) bond motifs is 1. The van der Waals surface area contributed by atoms with Gasteiger partial charge in [0.1, 0.15) is 11.6 Å². The molecular formula is C9H7FO. The zero-order valence-corrected chi connectivity index (χ0v) is 5.84. The van der Waals surface area contributed by atoms with Gasteiger partial charge in [0.05, 0.1) is 0 Å². The molecule has 0 heterocycles. The number of aliphatic hydroxyl groups is 1. The number of allylic oxidation sites excluding steroid dienone is 1. The minimum absolute atomic E-state index is 0.244. The van der Waals surface area contributed by atoms with Crippen LogP contribution in [0.25, 0.3) is 5.76 Å². The van der Waals surface area contributed by atoms with Crippen LogP contribution in [0.1, 0.15) is 11.1 Å². The van der Waals surface area contributed by atoms with E-state index in [1.54, 1.807) is 12.1 Å². The normalized spacial score (nSPS) is 14.5. The van der Waals surface area contributed by atoms with Gasteiger partial charge in [0, 0.05) is 5.56 Å². The molecule has 1 aliphatic carbocycles. The van der Waals surface area contributed by atoms with Crippen LogP contribution in [0.4, 0.5) is 4.39 Å². The van der Waals surface area contributed by atoms with E-state index >= 15 is 0 Å². The number of hydrogen-bond donors (Lipinski definition) is 1. The van der Waals surface area contributed by atoms with Gasteiger partial charge in [-0.25, -0.2) is 4.39 Å². The summed E-state index contributed by atoms with van der Waals surface area (Å²) < 4.78 is 12.6. The lowest BCUT2D eigenvalue weighted by Crippen LogP contribution is -1.85. The van der Waals surface area contributed by atoms with Crippen molar-refractivity contribution in [3.05, 3.63) is 41.2 Å². The highest BCUT2D eigenvalue weighted by atomic mass is 19.1. The molecule has 1 N–H and O–H groups in total. The van der Waals surface area contributed by atoms with E-state index < -0.39 is 0 Å². The van der Waals surface area contributed by atoms with E-state index in [1.165, 1.54) is 12.1 Å². The summed E-state index contributed by atoms with van der Waals surface area (Å²) in [7, 11) is 0. The zero-order valence-electron chi connectivity index (χ0n) is 5.84. The Morgan fingerprint density at radius 1 is 1.36 bits per heavy atom. The van der Waals surface area contributed by atoms with E-state index in [4.69, 9.17) is 0 Å². The molecule has 2 rings (SSSR count). The van der Waals surface area contributed by atoms with Crippen molar-refractivity contribution in [1.29, 1.82) is 0 Å². The summed E-state index contributed by atoms with van der Waals surface area (Å²) in [5.74, 6) is 0.0202. The molecule has 0 fully saturated rings. The predicted octanol–water partition coefficient (Wildman–Crippen LogP) is 2.28. The summed E-state index contributed by atoms with van der Waals surface area (Å²) in [6.45, 7) is 0. The lowest BCUT2D eigenvalue weighted by atomic mass is 10.1. The second-order valence-corrected chi connectivity index (χ2v) is 2.59. The van der Waals surface area contributed by atoms with Crippen LogP contribution in [0.3, 0.4) is 0 Å². The lowest BCUT2D eigenvalue weighted by Gasteiger charge is -1.98. The molecule has 0 saturated carbocycles. The van der Waals surface area contributed by atoms with E-state index in [1.807, 2.05) is 0 Å². The Balaban J connectivity index is 2.58. The maximum absolute atomic E-state index is 12.6. The van der Waals surface area contributed by atoms with Crippen LogP contribution in [-0.4, -0.2) is 5.11 Å². The second kappa shape index (κ2) is 2.09. The molecule has 1 aromatic rings. The molecule has 0 unspecified atom stereocenters. The van der Waals surface area contributed by atoms with Gasteiger partial charge in [-0.15, -0.1) is 0 Å². The molecule has 1 nitrogen and oxygen atoms in total. The predicted molar refractivity (Wildman–Crippen MR) is 40.7 cm³/mol. The van der Waals surface area contributed by atoms with Gasteiger partial charge < -0.3 is 5.11 Å². The third kappa shape index (κ3) is 0.909. The van der Waals surface area contributed by atoms with Crippen LogP contribution in [0.2, 0.25) is 0 Å². The zero-order chi connectivity index (χ0) is 7.84. The molecule has 0 radical (unpaired) electrons. The van der Waals surface area contributed by atoms with Crippen molar-refractivity contribution in [3.8, 4) is 0 Å². The van der Waals surface area contributed by atoms with Crippen LogP contribution in [0.5, 0.6) is 0 Å². The average Bonchev–Trinajstić information content (AvgIpc) is 2.32. The van der Waals surface area contributed by atoms with E-state index in [0.717, 1.165) is 11.1 Å². The number of rotatable bonds is 0. The fourth-order valence-corrected chi connectivity index (χ4v) is 1.30. The van der Waals surface area contributed by atoms with Gasteiger partial charge in [-0.1, -0.05) is 0 Å². The quantitative estimate of drug-likeness (QED) is 0.601. The molecule has 0 aliphatic heterocycles. The lowest BCUT2D eigenvalue weighted by molar-refractivity contribution is 0.513. The SMILES string of the molecule is OC1=CCc2cc(F)ccc21. The first-order valence-electron chi connectivity index (χ1n) is 3.45. The van der Waals surface area contributed by atoms with Gasteiger partial charge in [0.25, 0.3) is 0 Å². The summed E-state index contributed by atoms with van der Waals surface area (Å²) in [6.07, 6.45) is 2.32. The molecule has 0 spiro atoms. The Labute approximate surface area is 63.8 Å². The first-order valence-corrected chi connectivity index (χ1v) is 3.45. The summed E-state index contributed by atoms with van der Waals surface area (Å²) in [6, 6.07) is 4.41. The highest BCUT2D eigenvalue weighted by Gasteiger charge is 2.12. The first-order chi connectivity index (χ1) is 5.27. The molecule has 0 amide bonds. The topological polar surface area (TPSA) is 20.2 Å². The van der Waals surface area contributed by atoms with E-state index in [9.17, 15) is 9.50 Å². The van der Waals surface area contributed by atoms with Crippen molar-refractivity contribution < 1.29 is 9.50 Å². The Kier molecular flexibility index (Phi) is 1.22. The van der Waals surface area contributed by atoms with Crippen molar-refractivity contribution in [1.82, 2.24) is 0 Å². The molecule has 0 saturated heterocycles. The smallest absolute Gasteiger partial charge is 0.123 e. The number of halogens is 1. The Morgan fingerprint density at radius 2 is 2.18 bits per heavy atom. The average molecular weight is 150 g/mol. The van der Waals surface area contributed by atoms with E-state index in [-0.39, 0.29) is 11.6 Å². The van der Waals surface area contributed by atoms with Crippen LogP contribution >= 0.6 is 0 Å². The van der Waals surface area contributed by atoms with Gasteiger partial charge in [0.15, 0.2) is 0 Å². The van der Waals surface area contributed by atoms with Crippen LogP contribution < -0.4 is 0 Å². The molecule has 2 heteroatoms. The Hall–Kier alpha value is -1.31. The fourth-order valence-electron chi connectivity index (χ4n) is 1.30. The minimum Gasteiger partial charge on any atom is -0.508 e. The van der Waals surface area contributed by atoms with Gasteiger partial charge in [-0.3, -0.25) is 0 Å². The molecule has 0 aromatic heterocycles. The summed E-state index contributed by atoms with van der Waals surface area (Å²) in [5.41, 5.74) is 1.62. The van der Waals surface area contributed by atoms with Gasteiger partial charge in [-0.05, 0) is 36.3 Å². The van der Waals surface area contributed by atoms with E-state index in [0.29, 0.717) is 6.42 Å². The van der Waals surface area contributed by atoms with Crippen molar-refractivity contribution >= 4 is 5.76 Å². The molecule has 11 heavy (non-hydrogen) atoms. The Bertz CT molecular complexity index is 328. The summed E-state index contributed by atoms with van der Waals surface area (Å²) in [4.78, 5) is 0. The van der Waals surface area contributed by atoms with Crippen molar-refractivity contribution in [2.24, 2.45) is 0 Å². The maximum Gasteiger partial charge on any atom is 0.123 e. The largest absolute Gasteiger partial charge is 0.508 e. The highest BCUT2D eigenvalue weighted by molar-refractivity contribution is 5.66. The van der Waals surface area contributed by atoms with Crippen LogP contribution in [-0.2, 0) is 6.42 Å². The van der Waals surface area contributed by atoms with Crippen molar-refractivity contribution in [3.63, 3.8) is 0 Å². The number of benzene rings is 1. The minimum atomic E-state index is -0.244.